The van der Waals surface area contributed by atoms with Gasteiger partial charge in [0.15, 0.2) is 5.69 Å². The highest BCUT2D eigenvalue weighted by molar-refractivity contribution is 5.96. The van der Waals surface area contributed by atoms with Gasteiger partial charge in [-0.25, -0.2) is 0 Å². The minimum absolute atomic E-state index is 0.218. The number of aromatic nitrogens is 3. The van der Waals surface area contributed by atoms with Crippen LogP contribution in [0.3, 0.4) is 0 Å². The van der Waals surface area contributed by atoms with Crippen LogP contribution in [0.4, 0.5) is 0 Å². The molecule has 2 aromatic heterocycles. The van der Waals surface area contributed by atoms with E-state index in [-0.39, 0.29) is 17.5 Å². The first-order chi connectivity index (χ1) is 11.8. The van der Waals surface area contributed by atoms with Crippen LogP contribution < -0.4 is 10.6 Å². The third kappa shape index (κ3) is 3.72. The van der Waals surface area contributed by atoms with Gasteiger partial charge >= 0.3 is 0 Å². The highest BCUT2D eigenvalue weighted by Crippen LogP contribution is 2.09. The summed E-state index contributed by atoms with van der Waals surface area (Å²) in [6.45, 7) is 1.80. The second-order valence-electron chi connectivity index (χ2n) is 5.37. The normalized spacial score (nSPS) is 17.3. The zero-order chi connectivity index (χ0) is 16.8. The van der Waals surface area contributed by atoms with Gasteiger partial charge in [-0.1, -0.05) is 6.07 Å². The van der Waals surface area contributed by atoms with Crippen LogP contribution in [0, 0.1) is 0 Å². The van der Waals surface area contributed by atoms with Gasteiger partial charge in [-0.05, 0) is 24.3 Å². The predicted octanol–water partition coefficient (Wildman–Crippen LogP) is -0.398. The summed E-state index contributed by atoms with van der Waals surface area (Å²) in [5.41, 5.74) is 1.00. The smallest absolute Gasteiger partial charge is 0.275 e. The summed E-state index contributed by atoms with van der Waals surface area (Å²) >= 11 is 0. The van der Waals surface area contributed by atoms with Crippen molar-refractivity contribution in [2.75, 3.05) is 19.6 Å². The lowest BCUT2D eigenvalue weighted by atomic mass is 10.1. The van der Waals surface area contributed by atoms with Gasteiger partial charge in [0.05, 0.1) is 12.2 Å². The molecule has 0 radical (unpaired) electrons. The van der Waals surface area contributed by atoms with E-state index in [0.29, 0.717) is 26.2 Å². The number of rotatable bonds is 4. The second kappa shape index (κ2) is 7.60. The molecule has 3 rings (SSSR count). The summed E-state index contributed by atoms with van der Waals surface area (Å²) in [5.74, 6) is -0.507. The number of hydrogen-bond donors (Lipinski definition) is 2. The summed E-state index contributed by atoms with van der Waals surface area (Å²) in [7, 11) is 0. The molecule has 0 aromatic carbocycles. The second-order valence-corrected chi connectivity index (χ2v) is 5.37. The molecular weight excluding hydrogens is 308 g/mol. The summed E-state index contributed by atoms with van der Waals surface area (Å²) < 4.78 is 0. The Hall–Kier alpha value is -2.87. The third-order valence-electron chi connectivity index (χ3n) is 3.77. The van der Waals surface area contributed by atoms with Crippen LogP contribution in [-0.2, 0) is 11.3 Å². The maximum absolute atomic E-state index is 12.6. The summed E-state index contributed by atoms with van der Waals surface area (Å²) in [6, 6.07) is 8.18. The molecule has 1 unspecified atom stereocenters. The molecule has 0 spiro atoms. The zero-order valence-electron chi connectivity index (χ0n) is 13.1. The SMILES string of the molecule is O=C(NCc1ccccn1)C1CNCCN1C(=O)c1cccnn1. The van der Waals surface area contributed by atoms with Gasteiger partial charge in [-0.3, -0.25) is 14.6 Å². The van der Waals surface area contributed by atoms with Crippen LogP contribution >= 0.6 is 0 Å². The van der Waals surface area contributed by atoms with Crippen molar-refractivity contribution < 1.29 is 9.59 Å². The fraction of sp³-hybridized carbons (Fsp3) is 0.312. The van der Waals surface area contributed by atoms with Crippen molar-refractivity contribution in [3.05, 3.63) is 54.1 Å². The molecule has 1 saturated heterocycles. The molecular formula is C16H18N6O2. The van der Waals surface area contributed by atoms with Gasteiger partial charge in [-0.2, -0.15) is 5.10 Å². The van der Waals surface area contributed by atoms with Crippen LogP contribution in [0.1, 0.15) is 16.2 Å². The average Bonchev–Trinajstić information content (AvgIpc) is 2.67. The summed E-state index contributed by atoms with van der Waals surface area (Å²) in [5, 5.41) is 13.5. The highest BCUT2D eigenvalue weighted by atomic mass is 16.2. The van der Waals surface area contributed by atoms with Crippen molar-refractivity contribution >= 4 is 11.8 Å². The minimum Gasteiger partial charge on any atom is -0.349 e. The van der Waals surface area contributed by atoms with Crippen LogP contribution in [0.5, 0.6) is 0 Å². The van der Waals surface area contributed by atoms with Crippen molar-refractivity contribution in [2.24, 2.45) is 0 Å². The Bertz CT molecular complexity index is 694. The first-order valence-corrected chi connectivity index (χ1v) is 7.73. The number of hydrogen-bond acceptors (Lipinski definition) is 6. The van der Waals surface area contributed by atoms with Crippen molar-refractivity contribution in [1.82, 2.24) is 30.7 Å². The van der Waals surface area contributed by atoms with Gasteiger partial charge in [0, 0.05) is 32.0 Å². The van der Waals surface area contributed by atoms with E-state index in [2.05, 4.69) is 25.8 Å². The van der Waals surface area contributed by atoms with Gasteiger partial charge in [0.25, 0.3) is 5.91 Å². The van der Waals surface area contributed by atoms with E-state index in [0.717, 1.165) is 5.69 Å². The molecule has 1 aliphatic heterocycles. The van der Waals surface area contributed by atoms with Crippen LogP contribution in [0.25, 0.3) is 0 Å². The molecule has 2 N–H and O–H groups in total. The van der Waals surface area contributed by atoms with E-state index in [9.17, 15) is 9.59 Å². The van der Waals surface area contributed by atoms with Gasteiger partial charge in [-0.15, -0.1) is 5.10 Å². The Morgan fingerprint density at radius 3 is 2.92 bits per heavy atom. The first kappa shape index (κ1) is 16.0. The molecule has 1 fully saturated rings. The van der Waals surface area contributed by atoms with Gasteiger partial charge in [0.2, 0.25) is 5.91 Å². The molecule has 124 valence electrons. The number of pyridine rings is 1. The Kier molecular flexibility index (Phi) is 5.07. The number of piperazine rings is 1. The lowest BCUT2D eigenvalue weighted by molar-refractivity contribution is -0.126. The van der Waals surface area contributed by atoms with Crippen LogP contribution in [0.2, 0.25) is 0 Å². The van der Waals surface area contributed by atoms with E-state index < -0.39 is 6.04 Å². The summed E-state index contributed by atoms with van der Waals surface area (Å²) in [6.07, 6.45) is 3.18. The minimum atomic E-state index is -0.586. The molecule has 2 amide bonds. The standard InChI is InChI=1S/C16H18N6O2/c23-15(19-10-12-4-1-2-6-18-12)14-11-17-8-9-22(14)16(24)13-5-3-7-20-21-13/h1-7,14,17H,8-11H2,(H,19,23). The number of nitrogens with one attached hydrogen (secondary N) is 2. The number of nitrogens with zero attached hydrogens (tertiary/aromatic N) is 4. The van der Waals surface area contributed by atoms with Gasteiger partial charge < -0.3 is 15.5 Å². The van der Waals surface area contributed by atoms with Crippen molar-refractivity contribution in [3.63, 3.8) is 0 Å². The van der Waals surface area contributed by atoms with Crippen molar-refractivity contribution in [2.45, 2.75) is 12.6 Å². The van der Waals surface area contributed by atoms with Crippen molar-refractivity contribution in [1.29, 1.82) is 0 Å². The Balaban J connectivity index is 1.67. The van der Waals surface area contributed by atoms with Crippen LogP contribution in [0.15, 0.2) is 42.7 Å². The summed E-state index contributed by atoms with van der Waals surface area (Å²) in [4.78, 5) is 30.8. The van der Waals surface area contributed by atoms with Crippen molar-refractivity contribution in [3.8, 4) is 0 Å². The molecule has 8 heteroatoms. The molecule has 1 atom stereocenters. The van der Waals surface area contributed by atoms with Gasteiger partial charge in [0.1, 0.15) is 6.04 Å². The lowest BCUT2D eigenvalue weighted by Crippen LogP contribution is -2.59. The number of amides is 2. The maximum Gasteiger partial charge on any atom is 0.275 e. The highest BCUT2D eigenvalue weighted by Gasteiger charge is 2.33. The predicted molar refractivity (Wildman–Crippen MR) is 85.8 cm³/mol. The molecule has 1 aliphatic rings. The molecule has 0 saturated carbocycles. The van der Waals surface area contributed by atoms with E-state index in [1.165, 1.54) is 11.1 Å². The maximum atomic E-state index is 12.6. The Morgan fingerprint density at radius 1 is 1.25 bits per heavy atom. The quantitative estimate of drug-likeness (QED) is 0.793. The molecule has 0 bridgehead atoms. The molecule has 24 heavy (non-hydrogen) atoms. The van der Waals surface area contributed by atoms with E-state index in [4.69, 9.17) is 0 Å². The lowest BCUT2D eigenvalue weighted by Gasteiger charge is -2.34. The van der Waals surface area contributed by atoms with Crippen LogP contribution in [-0.4, -0.2) is 57.6 Å². The number of carbonyl (C=O) groups excluding carboxylic acids is 2. The molecule has 3 heterocycles. The largest absolute Gasteiger partial charge is 0.349 e. The molecule has 0 aliphatic carbocycles. The Labute approximate surface area is 139 Å². The zero-order valence-corrected chi connectivity index (χ0v) is 13.1. The monoisotopic (exact) mass is 326 g/mol. The fourth-order valence-electron chi connectivity index (χ4n) is 2.54. The van der Waals surface area contributed by atoms with E-state index in [1.807, 2.05) is 18.2 Å². The first-order valence-electron chi connectivity index (χ1n) is 7.73. The van der Waals surface area contributed by atoms with E-state index in [1.54, 1.807) is 18.3 Å². The van der Waals surface area contributed by atoms with E-state index >= 15 is 0 Å². The third-order valence-corrected chi connectivity index (χ3v) is 3.77. The topological polar surface area (TPSA) is 100 Å². The fourth-order valence-corrected chi connectivity index (χ4v) is 2.54. The average molecular weight is 326 g/mol. The molecule has 8 nitrogen and oxygen atoms in total. The Morgan fingerprint density at radius 2 is 2.17 bits per heavy atom. The molecule has 2 aromatic rings. The number of carbonyl (C=O) groups is 2.